The first kappa shape index (κ1) is 22.0. The van der Waals surface area contributed by atoms with Crippen LogP contribution in [0.1, 0.15) is 38.9 Å². The number of amides is 1. The molecule has 3 heterocycles. The molecule has 0 spiro atoms. The number of carbonyl (C=O) groups excluding carboxylic acids is 1. The minimum Gasteiger partial charge on any atom is -0.462 e. The van der Waals surface area contributed by atoms with Gasteiger partial charge in [0.05, 0.1) is 17.3 Å². The molecule has 3 unspecified atom stereocenters. The van der Waals surface area contributed by atoms with E-state index in [4.69, 9.17) is 26.1 Å². The van der Waals surface area contributed by atoms with E-state index in [-0.39, 0.29) is 0 Å². The number of ether oxygens (including phenoxy) is 2. The number of hydrogen-bond donors (Lipinski definition) is 1. The van der Waals surface area contributed by atoms with Crippen molar-refractivity contribution in [3.63, 3.8) is 0 Å². The summed E-state index contributed by atoms with van der Waals surface area (Å²) in [4.78, 5) is 26.2. The average molecular weight is 448 g/mol. The molecule has 0 saturated carbocycles. The maximum atomic E-state index is 13.0. The van der Waals surface area contributed by atoms with Gasteiger partial charge in [0.1, 0.15) is 17.7 Å². The van der Waals surface area contributed by atoms with Crippen molar-refractivity contribution >= 4 is 28.6 Å². The van der Waals surface area contributed by atoms with Gasteiger partial charge in [-0.3, -0.25) is 9.80 Å². The third-order valence-electron chi connectivity index (χ3n) is 5.66. The number of hydrogen-bond acceptors (Lipinski definition) is 7. The van der Waals surface area contributed by atoms with Crippen molar-refractivity contribution in [2.45, 2.75) is 50.4 Å². The first-order valence-corrected chi connectivity index (χ1v) is 11.1. The second kappa shape index (κ2) is 8.76. The maximum Gasteiger partial charge on any atom is 0.412 e. The van der Waals surface area contributed by atoms with Gasteiger partial charge in [-0.15, -0.1) is 0 Å². The molecule has 2 saturated heterocycles. The topological polar surface area (TPSA) is 79.8 Å². The normalized spacial score (nSPS) is 24.7. The van der Waals surface area contributed by atoms with Gasteiger partial charge in [0, 0.05) is 24.5 Å². The van der Waals surface area contributed by atoms with Crippen molar-refractivity contribution in [2.75, 3.05) is 33.3 Å². The molecule has 0 aliphatic carbocycles. The number of alkyl halides is 1. The zero-order valence-electron chi connectivity index (χ0n) is 18.5. The number of para-hydroxylation sites is 1. The van der Waals surface area contributed by atoms with Gasteiger partial charge >= 0.3 is 12.1 Å². The minimum atomic E-state index is -0.625. The molecule has 31 heavy (non-hydrogen) atoms. The Morgan fingerprint density at radius 2 is 2.03 bits per heavy atom. The number of fused-ring (bicyclic) bond motifs is 1. The van der Waals surface area contributed by atoms with Crippen molar-refractivity contribution < 1.29 is 14.3 Å². The molecule has 0 bridgehead atoms. The Kier molecular flexibility index (Phi) is 6.23. The largest absolute Gasteiger partial charge is 0.462 e. The number of nitrogens with zero attached hydrogens (tertiary/aromatic N) is 4. The average Bonchev–Trinajstić information content (AvgIpc) is 2.70. The first-order chi connectivity index (χ1) is 14.7. The van der Waals surface area contributed by atoms with Crippen LogP contribution in [0.3, 0.4) is 0 Å². The van der Waals surface area contributed by atoms with Crippen LogP contribution in [0.25, 0.3) is 10.9 Å². The van der Waals surface area contributed by atoms with Crippen LogP contribution in [0.4, 0.5) is 4.79 Å². The Bertz CT molecular complexity index is 950. The number of likely N-dealkylation sites (N-methyl/N-ethyl adjacent to an activating group) is 1. The standard InChI is InChI=1S/C22H30ClN5O3/c1-22(2,3)31-21(29)28-17(11-24-12-18(28)23)19-15-7-5-6-8-16(15)25-20(26-19)30-13-14-9-10-27(14)4/h5-8,14,17-18,24H,9-13H2,1-4H3. The highest BCUT2D eigenvalue weighted by Gasteiger charge is 2.38. The molecule has 0 radical (unpaired) electrons. The highest BCUT2D eigenvalue weighted by atomic mass is 35.5. The molecule has 1 aromatic heterocycles. The van der Waals surface area contributed by atoms with Crippen LogP contribution in [-0.2, 0) is 4.74 Å². The van der Waals surface area contributed by atoms with E-state index in [0.29, 0.717) is 37.4 Å². The smallest absolute Gasteiger partial charge is 0.412 e. The zero-order chi connectivity index (χ0) is 22.2. The molecule has 2 fully saturated rings. The molecular weight excluding hydrogens is 418 g/mol. The van der Waals surface area contributed by atoms with Crippen molar-refractivity contribution in [2.24, 2.45) is 0 Å². The maximum absolute atomic E-state index is 13.0. The molecule has 1 N–H and O–H groups in total. The fraction of sp³-hybridized carbons (Fsp3) is 0.591. The Morgan fingerprint density at radius 3 is 2.71 bits per heavy atom. The molecule has 9 heteroatoms. The second-order valence-electron chi connectivity index (χ2n) is 9.14. The van der Waals surface area contributed by atoms with Crippen LogP contribution in [0.5, 0.6) is 6.01 Å². The van der Waals surface area contributed by atoms with Crippen LogP contribution in [0.2, 0.25) is 0 Å². The van der Waals surface area contributed by atoms with E-state index in [2.05, 4.69) is 22.2 Å². The summed E-state index contributed by atoms with van der Waals surface area (Å²) in [5.74, 6) is 0. The lowest BCUT2D eigenvalue weighted by Gasteiger charge is -2.40. The predicted octanol–water partition coefficient (Wildman–Crippen LogP) is 3.16. The summed E-state index contributed by atoms with van der Waals surface area (Å²) in [6.07, 6.45) is 0.643. The van der Waals surface area contributed by atoms with Crippen LogP contribution in [-0.4, -0.2) is 76.3 Å². The molecule has 168 valence electrons. The lowest BCUT2D eigenvalue weighted by molar-refractivity contribution is 0.00684. The van der Waals surface area contributed by atoms with E-state index < -0.39 is 23.2 Å². The highest BCUT2D eigenvalue weighted by molar-refractivity contribution is 6.21. The molecule has 1 aromatic carbocycles. The second-order valence-corrected chi connectivity index (χ2v) is 9.64. The Morgan fingerprint density at radius 1 is 1.26 bits per heavy atom. The molecule has 3 atom stereocenters. The third kappa shape index (κ3) is 4.86. The number of nitrogens with one attached hydrogen (secondary N) is 1. The summed E-state index contributed by atoms with van der Waals surface area (Å²) in [5, 5.41) is 4.16. The van der Waals surface area contributed by atoms with E-state index in [9.17, 15) is 4.79 Å². The molecule has 2 aromatic rings. The summed E-state index contributed by atoms with van der Waals surface area (Å²) in [5.41, 5.74) is 0.284. The highest BCUT2D eigenvalue weighted by Crippen LogP contribution is 2.33. The van der Waals surface area contributed by atoms with Crippen LogP contribution < -0.4 is 10.1 Å². The number of piperazine rings is 1. The minimum absolute atomic E-state index is 0.315. The summed E-state index contributed by atoms with van der Waals surface area (Å²) in [7, 11) is 2.08. The zero-order valence-corrected chi connectivity index (χ0v) is 19.2. The SMILES string of the molecule is CN1CCC1COc1nc(C2CNCC(Cl)N2C(=O)OC(C)(C)C)c2ccccc2n1. The number of likely N-dealkylation sites (tertiary alicyclic amines) is 1. The van der Waals surface area contributed by atoms with Gasteiger partial charge in [0.15, 0.2) is 0 Å². The fourth-order valence-electron chi connectivity index (χ4n) is 3.86. The summed E-state index contributed by atoms with van der Waals surface area (Å²) in [6.45, 7) is 8.11. The Hall–Kier alpha value is -2.16. The first-order valence-electron chi connectivity index (χ1n) is 10.7. The Labute approximate surface area is 187 Å². The molecular formula is C22H30ClN5O3. The molecule has 2 aliphatic heterocycles. The van der Waals surface area contributed by atoms with Crippen LogP contribution in [0, 0.1) is 0 Å². The monoisotopic (exact) mass is 447 g/mol. The molecule has 4 rings (SSSR count). The summed E-state index contributed by atoms with van der Waals surface area (Å²) in [6, 6.07) is 8.03. The summed E-state index contributed by atoms with van der Waals surface area (Å²) < 4.78 is 11.6. The van der Waals surface area contributed by atoms with Gasteiger partial charge in [0.2, 0.25) is 0 Å². The number of benzene rings is 1. The lowest BCUT2D eigenvalue weighted by Crippen LogP contribution is -2.54. The van der Waals surface area contributed by atoms with Gasteiger partial charge < -0.3 is 14.8 Å². The van der Waals surface area contributed by atoms with Gasteiger partial charge in [-0.1, -0.05) is 29.8 Å². The van der Waals surface area contributed by atoms with E-state index in [1.54, 1.807) is 4.90 Å². The van der Waals surface area contributed by atoms with E-state index in [0.717, 1.165) is 23.9 Å². The fourth-order valence-corrected chi connectivity index (χ4v) is 4.19. The summed E-state index contributed by atoms with van der Waals surface area (Å²) >= 11 is 6.57. The molecule has 8 nitrogen and oxygen atoms in total. The van der Waals surface area contributed by atoms with Gasteiger partial charge in [-0.2, -0.15) is 9.97 Å². The lowest BCUT2D eigenvalue weighted by atomic mass is 10.0. The molecule has 2 aliphatic rings. The van der Waals surface area contributed by atoms with E-state index >= 15 is 0 Å². The quantitative estimate of drug-likeness (QED) is 0.569. The molecule has 1 amide bonds. The Balaban J connectivity index is 1.68. The van der Waals surface area contributed by atoms with Gasteiger partial charge in [0.25, 0.3) is 0 Å². The van der Waals surface area contributed by atoms with Crippen molar-refractivity contribution in [3.05, 3.63) is 30.0 Å². The van der Waals surface area contributed by atoms with Crippen molar-refractivity contribution in [1.29, 1.82) is 0 Å². The number of halogens is 1. The van der Waals surface area contributed by atoms with E-state index in [1.807, 2.05) is 45.0 Å². The van der Waals surface area contributed by atoms with Crippen LogP contribution in [0.15, 0.2) is 24.3 Å². The van der Waals surface area contributed by atoms with Gasteiger partial charge in [-0.05, 0) is 46.9 Å². The number of aromatic nitrogens is 2. The third-order valence-corrected chi connectivity index (χ3v) is 6.03. The van der Waals surface area contributed by atoms with E-state index in [1.165, 1.54) is 0 Å². The van der Waals surface area contributed by atoms with Crippen molar-refractivity contribution in [1.82, 2.24) is 25.1 Å². The van der Waals surface area contributed by atoms with Crippen LogP contribution >= 0.6 is 11.6 Å². The van der Waals surface area contributed by atoms with Gasteiger partial charge in [-0.25, -0.2) is 4.79 Å². The number of rotatable bonds is 4. The number of carbonyl (C=O) groups is 1. The predicted molar refractivity (Wildman–Crippen MR) is 119 cm³/mol. The van der Waals surface area contributed by atoms with Crippen molar-refractivity contribution in [3.8, 4) is 6.01 Å².